The Labute approximate surface area is 161 Å². The molecule has 1 aromatic carbocycles. The molecule has 4 nitrogen and oxygen atoms in total. The Balaban J connectivity index is 1.41. The van der Waals surface area contributed by atoms with Crippen molar-refractivity contribution in [3.05, 3.63) is 29.8 Å². The van der Waals surface area contributed by atoms with Gasteiger partial charge in [0.25, 0.3) is 0 Å². The van der Waals surface area contributed by atoms with Gasteiger partial charge in [0, 0.05) is 30.2 Å². The number of anilines is 1. The Bertz CT molecular complexity index is 745. The van der Waals surface area contributed by atoms with Crippen LogP contribution in [0.4, 0.5) is 10.5 Å². The van der Waals surface area contributed by atoms with Crippen LogP contribution in [0.1, 0.15) is 56.9 Å². The number of piperidine rings is 1. The first-order valence-corrected chi connectivity index (χ1v) is 10.9. The molecule has 4 heteroatoms. The standard InChI is InChI=1S/C23H30N2O2/c26-21(27)25-7-5-23(6-8-25)18-3-1-2-4-19(18)24-20(23)22-12-15-9-16(13-22)11-17(10-15)14-22/h1-4,15-17,20,24H,5-14H2,(H,26,27). The lowest BCUT2D eigenvalue weighted by Crippen LogP contribution is -2.61. The third-order valence-corrected chi connectivity index (χ3v) is 8.94. The summed E-state index contributed by atoms with van der Waals surface area (Å²) in [6.07, 6.45) is 9.79. The molecule has 2 aliphatic heterocycles. The maximum Gasteiger partial charge on any atom is 0.407 e. The largest absolute Gasteiger partial charge is 0.465 e. The molecule has 1 spiro atoms. The topological polar surface area (TPSA) is 52.6 Å². The summed E-state index contributed by atoms with van der Waals surface area (Å²) in [5.74, 6) is 2.83. The summed E-state index contributed by atoms with van der Waals surface area (Å²) in [6.45, 7) is 1.35. The Kier molecular flexibility index (Phi) is 3.27. The second-order valence-electron chi connectivity index (χ2n) is 10.3. The summed E-state index contributed by atoms with van der Waals surface area (Å²) in [5, 5.41) is 13.5. The molecule has 0 aromatic heterocycles. The van der Waals surface area contributed by atoms with Gasteiger partial charge in [-0.3, -0.25) is 0 Å². The fourth-order valence-corrected chi connectivity index (χ4v) is 8.42. The van der Waals surface area contributed by atoms with E-state index in [0.717, 1.165) is 30.6 Å². The highest BCUT2D eigenvalue weighted by atomic mass is 16.4. The number of rotatable bonds is 1. The summed E-state index contributed by atoms with van der Waals surface area (Å²) >= 11 is 0. The highest BCUT2D eigenvalue weighted by Gasteiger charge is 2.62. The van der Waals surface area contributed by atoms with Gasteiger partial charge in [-0.1, -0.05) is 18.2 Å². The predicted molar refractivity (Wildman–Crippen MR) is 105 cm³/mol. The molecule has 6 aliphatic rings. The molecule has 5 fully saturated rings. The van der Waals surface area contributed by atoms with Gasteiger partial charge in [-0.25, -0.2) is 4.79 Å². The molecule has 0 radical (unpaired) electrons. The predicted octanol–water partition coefficient (Wildman–Crippen LogP) is 4.71. The van der Waals surface area contributed by atoms with Crippen molar-refractivity contribution >= 4 is 11.8 Å². The van der Waals surface area contributed by atoms with Crippen LogP contribution >= 0.6 is 0 Å². The Hall–Kier alpha value is -1.71. The number of likely N-dealkylation sites (tertiary alicyclic amines) is 1. The number of nitrogens with one attached hydrogen (secondary N) is 1. The average Bonchev–Trinajstić information content (AvgIpc) is 2.96. The van der Waals surface area contributed by atoms with Gasteiger partial charge in [0.05, 0.1) is 0 Å². The minimum Gasteiger partial charge on any atom is -0.465 e. The number of hydrogen-bond acceptors (Lipinski definition) is 2. The molecular formula is C23H30N2O2. The first-order valence-electron chi connectivity index (χ1n) is 10.9. The van der Waals surface area contributed by atoms with E-state index in [0.29, 0.717) is 24.5 Å². The van der Waals surface area contributed by atoms with Crippen LogP contribution in [0, 0.1) is 23.2 Å². The van der Waals surface area contributed by atoms with Crippen LogP contribution in [0.25, 0.3) is 0 Å². The number of fused-ring (bicyclic) bond motifs is 2. The molecule has 4 bridgehead atoms. The van der Waals surface area contributed by atoms with Gasteiger partial charge in [0.15, 0.2) is 0 Å². The van der Waals surface area contributed by atoms with Gasteiger partial charge >= 0.3 is 6.09 Å². The Morgan fingerprint density at radius 3 is 2.19 bits per heavy atom. The number of carboxylic acid groups (broad SMARTS) is 1. The maximum absolute atomic E-state index is 11.5. The van der Waals surface area contributed by atoms with Gasteiger partial charge in [0.2, 0.25) is 0 Å². The molecular weight excluding hydrogens is 336 g/mol. The minimum absolute atomic E-state index is 0.119. The van der Waals surface area contributed by atoms with E-state index in [1.807, 2.05) is 0 Å². The average molecular weight is 367 g/mol. The van der Waals surface area contributed by atoms with Crippen molar-refractivity contribution in [1.29, 1.82) is 0 Å². The fraction of sp³-hybridized carbons (Fsp3) is 0.696. The number of hydrogen-bond donors (Lipinski definition) is 2. The van der Waals surface area contributed by atoms with Crippen molar-refractivity contribution < 1.29 is 9.90 Å². The Morgan fingerprint density at radius 2 is 1.59 bits per heavy atom. The van der Waals surface area contributed by atoms with Crippen LogP contribution in [-0.4, -0.2) is 35.2 Å². The minimum atomic E-state index is -0.754. The van der Waals surface area contributed by atoms with Crippen LogP contribution in [0.2, 0.25) is 0 Å². The van der Waals surface area contributed by atoms with Gasteiger partial charge in [-0.2, -0.15) is 0 Å². The third-order valence-electron chi connectivity index (χ3n) is 8.94. The number of nitrogens with zero attached hydrogens (tertiary/aromatic N) is 1. The lowest BCUT2D eigenvalue weighted by atomic mass is 9.44. The normalized spacial score (nSPS) is 40.8. The lowest BCUT2D eigenvalue weighted by Gasteiger charge is -2.62. The van der Waals surface area contributed by atoms with E-state index in [1.54, 1.807) is 4.90 Å². The van der Waals surface area contributed by atoms with Gasteiger partial charge in [-0.15, -0.1) is 0 Å². The van der Waals surface area contributed by atoms with Crippen LogP contribution in [0.3, 0.4) is 0 Å². The summed E-state index contributed by atoms with van der Waals surface area (Å²) in [5.41, 5.74) is 3.34. The van der Waals surface area contributed by atoms with Crippen molar-refractivity contribution in [2.75, 3.05) is 18.4 Å². The zero-order valence-electron chi connectivity index (χ0n) is 16.0. The number of benzene rings is 1. The molecule has 4 aliphatic carbocycles. The molecule has 1 amide bonds. The maximum atomic E-state index is 11.5. The smallest absolute Gasteiger partial charge is 0.407 e. The lowest BCUT2D eigenvalue weighted by molar-refractivity contribution is -0.0793. The first kappa shape index (κ1) is 16.3. The zero-order valence-corrected chi connectivity index (χ0v) is 16.0. The zero-order chi connectivity index (χ0) is 18.2. The fourth-order valence-electron chi connectivity index (χ4n) is 8.42. The molecule has 1 unspecified atom stereocenters. The molecule has 7 rings (SSSR count). The van der Waals surface area contributed by atoms with E-state index in [9.17, 15) is 9.90 Å². The quantitative estimate of drug-likeness (QED) is 0.757. The molecule has 144 valence electrons. The van der Waals surface area contributed by atoms with E-state index in [4.69, 9.17) is 0 Å². The van der Waals surface area contributed by atoms with Gasteiger partial charge < -0.3 is 15.3 Å². The van der Waals surface area contributed by atoms with Crippen molar-refractivity contribution in [1.82, 2.24) is 4.90 Å². The Morgan fingerprint density at radius 1 is 1.00 bits per heavy atom. The van der Waals surface area contributed by atoms with Crippen LogP contribution in [0.5, 0.6) is 0 Å². The van der Waals surface area contributed by atoms with Crippen molar-refractivity contribution in [2.24, 2.45) is 23.2 Å². The van der Waals surface area contributed by atoms with E-state index in [-0.39, 0.29) is 5.41 Å². The molecule has 2 heterocycles. The summed E-state index contributed by atoms with van der Waals surface area (Å²) in [7, 11) is 0. The molecule has 27 heavy (non-hydrogen) atoms. The molecule has 1 atom stereocenters. The highest BCUT2D eigenvalue weighted by Crippen LogP contribution is 2.66. The number of carbonyl (C=O) groups is 1. The van der Waals surface area contributed by atoms with E-state index in [2.05, 4.69) is 29.6 Å². The SMILES string of the molecule is O=C(O)N1CCC2(CC1)c1ccccc1NC2C12CC3CC(CC(C3)C1)C2. The molecule has 2 N–H and O–H groups in total. The van der Waals surface area contributed by atoms with E-state index >= 15 is 0 Å². The van der Waals surface area contributed by atoms with Crippen molar-refractivity contribution in [3.63, 3.8) is 0 Å². The van der Waals surface area contributed by atoms with Gasteiger partial charge in [-0.05, 0) is 86.2 Å². The van der Waals surface area contributed by atoms with Crippen LogP contribution in [-0.2, 0) is 5.41 Å². The van der Waals surface area contributed by atoms with Crippen LogP contribution in [0.15, 0.2) is 24.3 Å². The second kappa shape index (κ2) is 5.42. The molecule has 1 aromatic rings. The molecule has 1 saturated heterocycles. The first-order chi connectivity index (χ1) is 13.1. The number of para-hydroxylation sites is 1. The summed E-state index contributed by atoms with van der Waals surface area (Å²) < 4.78 is 0. The van der Waals surface area contributed by atoms with Crippen molar-refractivity contribution in [2.45, 2.75) is 62.8 Å². The number of amides is 1. The van der Waals surface area contributed by atoms with E-state index < -0.39 is 6.09 Å². The highest BCUT2D eigenvalue weighted by molar-refractivity contribution is 5.67. The summed E-state index contributed by atoms with van der Waals surface area (Å²) in [6, 6.07) is 9.38. The van der Waals surface area contributed by atoms with E-state index in [1.165, 1.54) is 49.8 Å². The van der Waals surface area contributed by atoms with Crippen molar-refractivity contribution in [3.8, 4) is 0 Å². The van der Waals surface area contributed by atoms with Crippen LogP contribution < -0.4 is 5.32 Å². The summed E-state index contributed by atoms with van der Waals surface area (Å²) in [4.78, 5) is 13.1. The second-order valence-corrected chi connectivity index (χ2v) is 10.3. The monoisotopic (exact) mass is 366 g/mol. The molecule has 4 saturated carbocycles. The third kappa shape index (κ3) is 2.19. The van der Waals surface area contributed by atoms with Gasteiger partial charge in [0.1, 0.15) is 0 Å².